The molecule has 4 atom stereocenters. The Balaban J connectivity index is 2.15. The van der Waals surface area contributed by atoms with Gasteiger partial charge in [-0.2, -0.15) is 0 Å². The summed E-state index contributed by atoms with van der Waals surface area (Å²) in [6.07, 6.45) is 3.71. The number of carbonyl (C=O) groups is 5. The second kappa shape index (κ2) is 12.1. The van der Waals surface area contributed by atoms with Gasteiger partial charge in [-0.15, -0.1) is 0 Å². The van der Waals surface area contributed by atoms with Crippen molar-refractivity contribution in [2.75, 3.05) is 6.54 Å². The lowest BCUT2D eigenvalue weighted by Gasteiger charge is -2.28. The molecule has 4 unspecified atom stereocenters. The zero-order valence-electron chi connectivity index (χ0n) is 19.3. The largest absolute Gasteiger partial charge is 0.480 e. The number of imidazole rings is 1. The molecule has 0 spiro atoms. The van der Waals surface area contributed by atoms with Crippen LogP contribution < -0.4 is 22.1 Å². The first-order chi connectivity index (χ1) is 16.0. The molecule has 2 heterocycles. The minimum absolute atomic E-state index is 0.0183. The average Bonchev–Trinajstić information content (AvgIpc) is 3.43. The highest BCUT2D eigenvalue weighted by molar-refractivity contribution is 5.95. The van der Waals surface area contributed by atoms with Crippen LogP contribution in [-0.2, 0) is 30.4 Å². The van der Waals surface area contributed by atoms with Gasteiger partial charge in [0.15, 0.2) is 0 Å². The summed E-state index contributed by atoms with van der Waals surface area (Å²) in [6.45, 7) is 3.94. The van der Waals surface area contributed by atoms with Crippen molar-refractivity contribution in [2.45, 2.75) is 70.1 Å². The Morgan fingerprint density at radius 1 is 1.24 bits per heavy atom. The fraction of sp³-hybridized carbons (Fsp3) is 0.619. The molecule has 188 valence electrons. The number of nitrogens with zero attached hydrogens (tertiary/aromatic N) is 2. The highest BCUT2D eigenvalue weighted by Crippen LogP contribution is 2.19. The topological polar surface area (TPSA) is 214 Å². The Morgan fingerprint density at radius 2 is 1.94 bits per heavy atom. The molecule has 13 heteroatoms. The maximum absolute atomic E-state index is 13.1. The van der Waals surface area contributed by atoms with E-state index in [0.29, 0.717) is 18.5 Å². The van der Waals surface area contributed by atoms with E-state index in [1.54, 1.807) is 0 Å². The van der Waals surface area contributed by atoms with E-state index in [0.717, 1.165) is 0 Å². The van der Waals surface area contributed by atoms with Gasteiger partial charge < -0.3 is 37.1 Å². The maximum Gasteiger partial charge on any atom is 0.326 e. The Morgan fingerprint density at radius 3 is 2.50 bits per heavy atom. The number of aromatic amines is 1. The third-order valence-corrected chi connectivity index (χ3v) is 5.51. The summed E-state index contributed by atoms with van der Waals surface area (Å²) in [6, 6.07) is -4.28. The number of primary amides is 1. The molecule has 0 saturated carbocycles. The molecule has 13 nitrogen and oxygen atoms in total. The van der Waals surface area contributed by atoms with E-state index in [1.807, 2.05) is 13.8 Å². The van der Waals surface area contributed by atoms with Gasteiger partial charge in [-0.3, -0.25) is 19.2 Å². The first-order valence-corrected chi connectivity index (χ1v) is 11.1. The molecular formula is C21H33N7O6. The van der Waals surface area contributed by atoms with E-state index < -0.39 is 53.8 Å². The number of hydrogen-bond acceptors (Lipinski definition) is 7. The molecule has 34 heavy (non-hydrogen) atoms. The number of rotatable bonds is 12. The number of carboxylic acid groups (broad SMARTS) is 1. The molecule has 1 aromatic rings. The lowest BCUT2D eigenvalue weighted by molar-refractivity contribution is -0.143. The second-order valence-electron chi connectivity index (χ2n) is 8.84. The number of hydrogen-bond donors (Lipinski definition) is 6. The number of carbonyl (C=O) groups excluding carboxylic acids is 4. The van der Waals surface area contributed by atoms with Crippen LogP contribution in [0.25, 0.3) is 0 Å². The first kappa shape index (κ1) is 26.8. The van der Waals surface area contributed by atoms with E-state index in [2.05, 4.69) is 20.6 Å². The Hall–Kier alpha value is -3.48. The van der Waals surface area contributed by atoms with Crippen LogP contribution >= 0.6 is 0 Å². The first-order valence-electron chi connectivity index (χ1n) is 11.1. The maximum atomic E-state index is 13.1. The predicted octanol–water partition coefficient (Wildman–Crippen LogP) is -1.75. The predicted molar refractivity (Wildman–Crippen MR) is 120 cm³/mol. The molecule has 1 aliphatic heterocycles. The fourth-order valence-electron chi connectivity index (χ4n) is 3.88. The second-order valence-corrected chi connectivity index (χ2v) is 8.84. The normalized spacial score (nSPS) is 18.2. The van der Waals surface area contributed by atoms with Crippen LogP contribution in [0.3, 0.4) is 0 Å². The van der Waals surface area contributed by atoms with Crippen molar-refractivity contribution >= 4 is 29.6 Å². The van der Waals surface area contributed by atoms with Crippen molar-refractivity contribution in [3.8, 4) is 0 Å². The Kier molecular flexibility index (Phi) is 9.54. The van der Waals surface area contributed by atoms with Crippen LogP contribution in [0.4, 0.5) is 0 Å². The quantitative estimate of drug-likeness (QED) is 0.202. The van der Waals surface area contributed by atoms with Crippen molar-refractivity contribution in [1.29, 1.82) is 0 Å². The number of H-pyrrole nitrogens is 1. The number of aliphatic carboxylic acids is 1. The van der Waals surface area contributed by atoms with Crippen LogP contribution in [0.15, 0.2) is 12.5 Å². The molecular weight excluding hydrogens is 446 g/mol. The van der Waals surface area contributed by atoms with Gasteiger partial charge in [0.25, 0.3) is 0 Å². The third-order valence-electron chi connectivity index (χ3n) is 5.51. The van der Waals surface area contributed by atoms with Gasteiger partial charge in [0.2, 0.25) is 23.6 Å². The summed E-state index contributed by atoms with van der Waals surface area (Å²) in [5.74, 6) is -3.71. The number of nitrogens with two attached hydrogens (primary N) is 2. The van der Waals surface area contributed by atoms with E-state index in [4.69, 9.17) is 11.5 Å². The minimum atomic E-state index is -1.18. The molecule has 0 bridgehead atoms. The summed E-state index contributed by atoms with van der Waals surface area (Å²) in [7, 11) is 0. The summed E-state index contributed by atoms with van der Waals surface area (Å²) < 4.78 is 0. The lowest BCUT2D eigenvalue weighted by Crippen LogP contribution is -2.57. The van der Waals surface area contributed by atoms with E-state index in [9.17, 15) is 29.1 Å². The Labute approximate surface area is 197 Å². The van der Waals surface area contributed by atoms with Crippen molar-refractivity contribution in [3.05, 3.63) is 18.2 Å². The van der Waals surface area contributed by atoms with Crippen LogP contribution in [0.1, 0.15) is 45.2 Å². The van der Waals surface area contributed by atoms with Crippen LogP contribution in [0, 0.1) is 5.92 Å². The van der Waals surface area contributed by atoms with Gasteiger partial charge in [-0.25, -0.2) is 9.78 Å². The number of carboxylic acids is 1. The van der Waals surface area contributed by atoms with Crippen molar-refractivity contribution in [3.63, 3.8) is 0 Å². The Bertz CT molecular complexity index is 888. The molecule has 0 radical (unpaired) electrons. The average molecular weight is 480 g/mol. The van der Waals surface area contributed by atoms with Crippen molar-refractivity contribution < 1.29 is 29.1 Å². The van der Waals surface area contributed by atoms with Crippen molar-refractivity contribution in [2.24, 2.45) is 17.4 Å². The fourth-order valence-corrected chi connectivity index (χ4v) is 3.88. The van der Waals surface area contributed by atoms with Gasteiger partial charge in [-0.1, -0.05) is 13.8 Å². The molecule has 1 aromatic heterocycles. The van der Waals surface area contributed by atoms with E-state index in [-0.39, 0.29) is 31.7 Å². The molecule has 4 amide bonds. The molecule has 0 aliphatic carbocycles. The molecule has 0 aromatic carbocycles. The van der Waals surface area contributed by atoms with Gasteiger partial charge in [-0.05, 0) is 25.2 Å². The summed E-state index contributed by atoms with van der Waals surface area (Å²) in [5.41, 5.74) is 11.4. The highest BCUT2D eigenvalue weighted by atomic mass is 16.4. The highest BCUT2D eigenvalue weighted by Gasteiger charge is 2.38. The smallest absolute Gasteiger partial charge is 0.326 e. The molecule has 1 aliphatic rings. The monoisotopic (exact) mass is 479 g/mol. The lowest BCUT2D eigenvalue weighted by atomic mass is 10.0. The van der Waals surface area contributed by atoms with Crippen molar-refractivity contribution in [1.82, 2.24) is 25.5 Å². The number of aromatic nitrogens is 2. The van der Waals surface area contributed by atoms with Crippen LogP contribution in [0.2, 0.25) is 0 Å². The SMILES string of the molecule is CC(C)CC(NC(=O)C(Cc1cnc[nH]1)NC(=O)C1CCCN1C(=O)C(N)CC(N)=O)C(=O)O. The van der Waals surface area contributed by atoms with E-state index >= 15 is 0 Å². The van der Waals surface area contributed by atoms with Gasteiger partial charge >= 0.3 is 5.97 Å². The number of amides is 4. The number of nitrogens with one attached hydrogen (secondary N) is 3. The zero-order chi connectivity index (χ0) is 25.4. The summed E-state index contributed by atoms with van der Waals surface area (Å²) in [4.78, 5) is 69.5. The number of likely N-dealkylation sites (tertiary alicyclic amines) is 1. The zero-order valence-corrected chi connectivity index (χ0v) is 19.3. The van der Waals surface area contributed by atoms with Crippen LogP contribution in [0.5, 0.6) is 0 Å². The van der Waals surface area contributed by atoms with Gasteiger partial charge in [0.1, 0.15) is 18.1 Å². The standard InChI is InChI=1S/C21H33N7O6/c1-11(2)6-15(21(33)34)27-18(30)14(7-12-9-24-10-25-12)26-19(31)16-4-3-5-28(16)20(32)13(22)8-17(23)29/h9-11,13-16H,3-8,22H2,1-2H3,(H2,23,29)(H,24,25)(H,26,31)(H,27,30)(H,33,34). The summed E-state index contributed by atoms with van der Waals surface area (Å²) in [5, 5.41) is 14.6. The third kappa shape index (κ3) is 7.54. The van der Waals surface area contributed by atoms with E-state index in [1.165, 1.54) is 17.4 Å². The molecule has 2 rings (SSSR count). The summed E-state index contributed by atoms with van der Waals surface area (Å²) >= 11 is 0. The van der Waals surface area contributed by atoms with Crippen LogP contribution in [-0.4, -0.2) is 80.3 Å². The molecule has 8 N–H and O–H groups in total. The molecule has 1 fully saturated rings. The van der Waals surface area contributed by atoms with Gasteiger partial charge in [0, 0.05) is 24.9 Å². The molecule has 1 saturated heterocycles. The minimum Gasteiger partial charge on any atom is -0.480 e. The van der Waals surface area contributed by atoms with Gasteiger partial charge in [0.05, 0.1) is 18.8 Å².